The van der Waals surface area contributed by atoms with E-state index in [1.54, 1.807) is 30.8 Å². The summed E-state index contributed by atoms with van der Waals surface area (Å²) in [5.74, 6) is -0.265. The van der Waals surface area contributed by atoms with Crippen molar-refractivity contribution >= 4 is 11.9 Å². The second kappa shape index (κ2) is 6.84. The molecule has 1 aromatic carbocycles. The Hall–Kier alpha value is -2.70. The van der Waals surface area contributed by atoms with Crippen LogP contribution in [0.5, 0.6) is 0 Å². The molecule has 1 aromatic heterocycles. The molecule has 0 aliphatic carbocycles. The fourth-order valence-electron chi connectivity index (χ4n) is 2.12. The minimum absolute atomic E-state index is 0.103. The second-order valence-electron chi connectivity index (χ2n) is 5.02. The fourth-order valence-corrected chi connectivity index (χ4v) is 2.12. The predicted molar refractivity (Wildman–Crippen MR) is 79.6 cm³/mol. The summed E-state index contributed by atoms with van der Waals surface area (Å²) in [5.41, 5.74) is 1.84. The summed E-state index contributed by atoms with van der Waals surface area (Å²) in [4.78, 5) is 26.9. The molecular formula is C15H18N4O3. The molecule has 1 amide bonds. The number of amides is 1. The van der Waals surface area contributed by atoms with Gasteiger partial charge in [0.15, 0.2) is 0 Å². The van der Waals surface area contributed by atoms with Gasteiger partial charge in [-0.1, -0.05) is 6.07 Å². The molecule has 0 saturated carbocycles. The molecule has 7 nitrogen and oxygen atoms in total. The Morgan fingerprint density at radius 1 is 1.36 bits per heavy atom. The van der Waals surface area contributed by atoms with Crippen LogP contribution in [0.25, 0.3) is 0 Å². The molecule has 0 spiro atoms. The van der Waals surface area contributed by atoms with Crippen molar-refractivity contribution in [1.82, 2.24) is 20.1 Å². The van der Waals surface area contributed by atoms with Crippen LogP contribution >= 0.6 is 0 Å². The van der Waals surface area contributed by atoms with Gasteiger partial charge in [0, 0.05) is 20.0 Å². The zero-order valence-electron chi connectivity index (χ0n) is 12.5. The summed E-state index contributed by atoms with van der Waals surface area (Å²) < 4.78 is 1.67. The van der Waals surface area contributed by atoms with Crippen molar-refractivity contribution in [2.75, 3.05) is 6.54 Å². The lowest BCUT2D eigenvalue weighted by Crippen LogP contribution is -2.28. The smallest absolute Gasteiger partial charge is 0.335 e. The van der Waals surface area contributed by atoms with Gasteiger partial charge in [-0.05, 0) is 30.2 Å². The Kier molecular flexibility index (Phi) is 4.88. The first-order valence-electron chi connectivity index (χ1n) is 6.89. The first kappa shape index (κ1) is 15.7. The molecule has 1 heterocycles. The summed E-state index contributed by atoms with van der Waals surface area (Å²) in [6.45, 7) is 2.28. The summed E-state index contributed by atoms with van der Waals surface area (Å²) in [7, 11) is 1.80. The van der Waals surface area contributed by atoms with E-state index in [2.05, 4.69) is 15.4 Å². The molecule has 0 fully saturated rings. The van der Waals surface area contributed by atoms with Crippen LogP contribution in [0.3, 0.4) is 0 Å². The molecule has 0 atom stereocenters. The van der Waals surface area contributed by atoms with Crippen LogP contribution in [0.15, 0.2) is 24.5 Å². The van der Waals surface area contributed by atoms with Crippen LogP contribution in [-0.4, -0.2) is 38.3 Å². The number of hydrogen-bond donors (Lipinski definition) is 2. The van der Waals surface area contributed by atoms with Crippen LogP contribution in [-0.2, 0) is 24.7 Å². The molecule has 0 saturated heterocycles. The van der Waals surface area contributed by atoms with E-state index in [1.165, 1.54) is 12.4 Å². The zero-order valence-corrected chi connectivity index (χ0v) is 12.5. The average Bonchev–Trinajstić information content (AvgIpc) is 2.86. The first-order chi connectivity index (χ1) is 10.5. The Morgan fingerprint density at radius 2 is 2.14 bits per heavy atom. The molecule has 0 aliphatic rings. The van der Waals surface area contributed by atoms with Crippen LogP contribution in [0.1, 0.15) is 27.3 Å². The monoisotopic (exact) mass is 302 g/mol. The maximum absolute atomic E-state index is 11.9. The van der Waals surface area contributed by atoms with E-state index in [0.717, 1.165) is 17.0 Å². The lowest BCUT2D eigenvalue weighted by Gasteiger charge is -2.08. The van der Waals surface area contributed by atoms with Gasteiger partial charge in [0.25, 0.3) is 0 Å². The van der Waals surface area contributed by atoms with E-state index in [-0.39, 0.29) is 17.9 Å². The highest BCUT2D eigenvalue weighted by Gasteiger charge is 2.09. The Labute approximate surface area is 128 Å². The van der Waals surface area contributed by atoms with Gasteiger partial charge in [-0.2, -0.15) is 5.10 Å². The van der Waals surface area contributed by atoms with Crippen molar-refractivity contribution in [3.8, 4) is 0 Å². The zero-order chi connectivity index (χ0) is 16.1. The van der Waals surface area contributed by atoms with Crippen molar-refractivity contribution in [2.24, 2.45) is 7.05 Å². The average molecular weight is 302 g/mol. The van der Waals surface area contributed by atoms with E-state index in [0.29, 0.717) is 13.0 Å². The molecule has 0 unspecified atom stereocenters. The molecule has 22 heavy (non-hydrogen) atoms. The molecular weight excluding hydrogens is 284 g/mol. The van der Waals surface area contributed by atoms with Crippen molar-refractivity contribution in [2.45, 2.75) is 19.8 Å². The standard InChI is InChI=1S/C15H18N4O3/c1-10-7-12(15(21)22)4-3-11(10)8-14(20)16-6-5-13-17-9-18-19(13)2/h3-4,7,9H,5-6,8H2,1-2H3,(H,16,20)(H,21,22). The molecule has 0 bridgehead atoms. The predicted octanol–water partition coefficient (Wildman–Crippen LogP) is 0.723. The van der Waals surface area contributed by atoms with Gasteiger partial charge in [0.05, 0.1) is 12.0 Å². The number of aryl methyl sites for hydroxylation is 2. The number of rotatable bonds is 6. The highest BCUT2D eigenvalue weighted by atomic mass is 16.4. The van der Waals surface area contributed by atoms with Crippen LogP contribution in [0.2, 0.25) is 0 Å². The number of benzene rings is 1. The number of carboxylic acids is 1. The lowest BCUT2D eigenvalue weighted by atomic mass is 10.0. The van der Waals surface area contributed by atoms with Gasteiger partial charge in [0.2, 0.25) is 5.91 Å². The van der Waals surface area contributed by atoms with Crippen molar-refractivity contribution in [1.29, 1.82) is 0 Å². The van der Waals surface area contributed by atoms with Crippen LogP contribution in [0.4, 0.5) is 0 Å². The number of carbonyl (C=O) groups is 2. The van der Waals surface area contributed by atoms with E-state index < -0.39 is 5.97 Å². The van der Waals surface area contributed by atoms with Crippen molar-refractivity contribution in [3.63, 3.8) is 0 Å². The highest BCUT2D eigenvalue weighted by Crippen LogP contribution is 2.12. The molecule has 2 aromatic rings. The quantitative estimate of drug-likeness (QED) is 0.819. The Morgan fingerprint density at radius 3 is 2.73 bits per heavy atom. The SMILES string of the molecule is Cc1cc(C(=O)O)ccc1CC(=O)NCCc1ncnn1C. The third-order valence-corrected chi connectivity index (χ3v) is 3.42. The first-order valence-corrected chi connectivity index (χ1v) is 6.89. The number of carbonyl (C=O) groups excluding carboxylic acids is 1. The lowest BCUT2D eigenvalue weighted by molar-refractivity contribution is -0.120. The number of aromatic carboxylic acids is 1. The topological polar surface area (TPSA) is 97.1 Å². The normalized spacial score (nSPS) is 10.5. The summed E-state index contributed by atoms with van der Waals surface area (Å²) >= 11 is 0. The largest absolute Gasteiger partial charge is 0.478 e. The number of nitrogens with zero attached hydrogens (tertiary/aromatic N) is 3. The van der Waals surface area contributed by atoms with E-state index >= 15 is 0 Å². The van der Waals surface area contributed by atoms with Gasteiger partial charge >= 0.3 is 5.97 Å². The maximum atomic E-state index is 11.9. The van der Waals surface area contributed by atoms with Gasteiger partial charge in [-0.3, -0.25) is 9.48 Å². The Balaban J connectivity index is 1.87. The van der Waals surface area contributed by atoms with Gasteiger partial charge in [0.1, 0.15) is 12.2 Å². The Bertz CT molecular complexity index is 694. The van der Waals surface area contributed by atoms with Crippen molar-refractivity contribution in [3.05, 3.63) is 47.0 Å². The molecule has 2 rings (SSSR count). The van der Waals surface area contributed by atoms with Gasteiger partial charge < -0.3 is 10.4 Å². The van der Waals surface area contributed by atoms with E-state index in [9.17, 15) is 9.59 Å². The molecule has 2 N–H and O–H groups in total. The van der Waals surface area contributed by atoms with Crippen molar-refractivity contribution < 1.29 is 14.7 Å². The molecule has 0 aliphatic heterocycles. The summed E-state index contributed by atoms with van der Waals surface area (Å²) in [6, 6.07) is 4.77. The fraction of sp³-hybridized carbons (Fsp3) is 0.333. The number of nitrogens with one attached hydrogen (secondary N) is 1. The van der Waals surface area contributed by atoms with Gasteiger partial charge in [-0.25, -0.2) is 9.78 Å². The highest BCUT2D eigenvalue weighted by molar-refractivity contribution is 5.88. The molecule has 7 heteroatoms. The van der Waals surface area contributed by atoms with Gasteiger partial charge in [-0.15, -0.1) is 0 Å². The number of hydrogen-bond acceptors (Lipinski definition) is 4. The summed E-state index contributed by atoms with van der Waals surface area (Å²) in [5, 5.41) is 15.7. The number of carboxylic acid groups (broad SMARTS) is 1. The van der Waals surface area contributed by atoms with E-state index in [1.807, 2.05) is 0 Å². The molecule has 0 radical (unpaired) electrons. The maximum Gasteiger partial charge on any atom is 0.335 e. The van der Waals surface area contributed by atoms with Crippen LogP contribution < -0.4 is 5.32 Å². The van der Waals surface area contributed by atoms with E-state index in [4.69, 9.17) is 5.11 Å². The molecule has 116 valence electrons. The second-order valence-corrected chi connectivity index (χ2v) is 5.02. The minimum Gasteiger partial charge on any atom is -0.478 e. The third-order valence-electron chi connectivity index (χ3n) is 3.42. The third kappa shape index (κ3) is 3.91. The summed E-state index contributed by atoms with van der Waals surface area (Å²) in [6.07, 6.45) is 2.31. The number of aromatic nitrogens is 3. The minimum atomic E-state index is -0.970. The van der Waals surface area contributed by atoms with Crippen LogP contribution in [0, 0.1) is 6.92 Å².